The molecule has 2 saturated heterocycles. The molecule has 2 unspecified atom stereocenters. The predicted molar refractivity (Wildman–Crippen MR) is 71.1 cm³/mol. The van der Waals surface area contributed by atoms with Crippen LogP contribution in [0, 0.1) is 0 Å². The summed E-state index contributed by atoms with van der Waals surface area (Å²) in [5, 5.41) is 0. The first-order chi connectivity index (χ1) is 8.18. The lowest BCUT2D eigenvalue weighted by molar-refractivity contribution is 0.0592. The lowest BCUT2D eigenvalue weighted by Gasteiger charge is -2.35. The molecule has 0 radical (unpaired) electrons. The Bertz CT molecular complexity index is 223. The van der Waals surface area contributed by atoms with E-state index in [1.807, 2.05) is 0 Å². The van der Waals surface area contributed by atoms with E-state index in [1.54, 1.807) is 0 Å². The van der Waals surface area contributed by atoms with Crippen molar-refractivity contribution in [2.24, 2.45) is 0 Å². The van der Waals surface area contributed by atoms with Crippen LogP contribution in [-0.4, -0.2) is 46.3 Å². The van der Waals surface area contributed by atoms with Crippen LogP contribution in [0.3, 0.4) is 0 Å². The minimum Gasteiger partial charge on any atom is -0.382 e. The maximum absolute atomic E-state index is 5.95. The lowest BCUT2D eigenvalue weighted by Crippen LogP contribution is -2.45. The summed E-state index contributed by atoms with van der Waals surface area (Å²) in [6.07, 6.45) is 5.49. The van der Waals surface area contributed by atoms with E-state index < -0.39 is 8.07 Å². The molecule has 0 bridgehead atoms. The highest BCUT2D eigenvalue weighted by molar-refractivity contribution is 6.78. The molecule has 0 aromatic rings. The van der Waals surface area contributed by atoms with Gasteiger partial charge in [0, 0.05) is 18.9 Å². The average molecular weight is 258 g/mol. The van der Waals surface area contributed by atoms with Crippen LogP contribution in [0.2, 0.25) is 19.1 Å². The molecule has 3 nitrogen and oxygen atoms in total. The highest BCUT2D eigenvalue weighted by Gasteiger charge is 2.33. The van der Waals surface area contributed by atoms with Gasteiger partial charge in [0.1, 0.15) is 6.10 Å². The summed E-state index contributed by atoms with van der Waals surface area (Å²) in [5.41, 5.74) is 0.586. The molecule has 0 N–H and O–H groups in total. The normalized spacial score (nSPS) is 29.3. The molecule has 2 aliphatic rings. The number of hydrogen-bond donors (Lipinski definition) is 0. The van der Waals surface area contributed by atoms with Gasteiger partial charge in [-0.15, -0.1) is 0 Å². The Morgan fingerprint density at radius 1 is 1.24 bits per heavy atom. The fraction of sp³-hybridized carbons (Fsp3) is 1.00. The molecule has 0 spiro atoms. The second kappa shape index (κ2) is 6.32. The van der Waals surface area contributed by atoms with Gasteiger partial charge in [0.05, 0.1) is 21.3 Å². The Hall–Kier alpha value is 0.0969. The maximum Gasteiger partial charge on any atom is 0.104 e. The molecule has 0 aromatic heterocycles. The van der Waals surface area contributed by atoms with Crippen LogP contribution >= 0.6 is 0 Å². The van der Waals surface area contributed by atoms with E-state index >= 15 is 0 Å². The van der Waals surface area contributed by atoms with Gasteiger partial charge in [0.25, 0.3) is 0 Å². The Kier molecular flexibility index (Phi) is 5.03. The van der Waals surface area contributed by atoms with Crippen molar-refractivity contribution in [3.63, 3.8) is 0 Å². The minimum absolute atomic E-state index is 0.405. The van der Waals surface area contributed by atoms with Gasteiger partial charge in [-0.3, -0.25) is 0 Å². The van der Waals surface area contributed by atoms with Crippen molar-refractivity contribution in [2.75, 3.05) is 26.4 Å². The summed E-state index contributed by atoms with van der Waals surface area (Å²) in [7, 11) is -1.20. The number of ether oxygens (including phenoxy) is 3. The molecule has 2 fully saturated rings. The van der Waals surface area contributed by atoms with Gasteiger partial charge in [0.15, 0.2) is 0 Å². The van der Waals surface area contributed by atoms with E-state index in [4.69, 9.17) is 14.2 Å². The van der Waals surface area contributed by atoms with Crippen LogP contribution in [-0.2, 0) is 14.2 Å². The average Bonchev–Trinajstić information content (AvgIpc) is 3.14. The number of hydrogen-bond acceptors (Lipinski definition) is 3. The molecule has 2 aliphatic heterocycles. The second-order valence-corrected chi connectivity index (χ2v) is 11.1. The monoisotopic (exact) mass is 258 g/mol. The molecular weight excluding hydrogens is 232 g/mol. The van der Waals surface area contributed by atoms with Gasteiger partial charge in [0.2, 0.25) is 0 Å². The Morgan fingerprint density at radius 2 is 2.06 bits per heavy atom. The zero-order valence-electron chi connectivity index (χ0n) is 11.2. The third-order valence-corrected chi connectivity index (χ3v) is 7.71. The molecular formula is C13H26O3Si. The third kappa shape index (κ3) is 4.70. The van der Waals surface area contributed by atoms with Crippen molar-refractivity contribution in [2.45, 2.75) is 56.7 Å². The smallest absolute Gasteiger partial charge is 0.104 e. The maximum atomic E-state index is 5.95. The minimum atomic E-state index is -1.20. The first kappa shape index (κ1) is 13.5. The fourth-order valence-corrected chi connectivity index (χ4v) is 5.46. The van der Waals surface area contributed by atoms with Crippen LogP contribution in [0.1, 0.15) is 25.7 Å². The van der Waals surface area contributed by atoms with Crippen LogP contribution < -0.4 is 0 Å². The summed E-state index contributed by atoms with van der Waals surface area (Å²) in [4.78, 5) is 0. The van der Waals surface area contributed by atoms with Gasteiger partial charge >= 0.3 is 0 Å². The number of rotatable bonds is 7. The van der Waals surface area contributed by atoms with Crippen molar-refractivity contribution >= 4 is 8.07 Å². The van der Waals surface area contributed by atoms with Crippen molar-refractivity contribution in [1.82, 2.24) is 0 Å². The molecule has 2 rings (SSSR count). The standard InChI is InChI=1S/C13H26O3Si/c1-17(2,13-6-3-4-8-15-13)9-5-7-14-10-12-11-16-12/h12-13H,3-11H2,1-2H3. The molecule has 0 saturated carbocycles. The first-order valence-corrected chi connectivity index (χ1v) is 10.3. The van der Waals surface area contributed by atoms with Crippen molar-refractivity contribution in [1.29, 1.82) is 0 Å². The van der Waals surface area contributed by atoms with Gasteiger partial charge in [-0.25, -0.2) is 0 Å². The quantitative estimate of drug-likeness (QED) is 0.399. The van der Waals surface area contributed by atoms with E-state index in [0.717, 1.165) is 26.4 Å². The van der Waals surface area contributed by atoms with Crippen molar-refractivity contribution in [3.05, 3.63) is 0 Å². The molecule has 100 valence electrons. The second-order valence-electron chi connectivity index (χ2n) is 5.98. The predicted octanol–water partition coefficient (Wildman–Crippen LogP) is 2.61. The summed E-state index contributed by atoms with van der Waals surface area (Å²) >= 11 is 0. The molecule has 0 aromatic carbocycles. The largest absolute Gasteiger partial charge is 0.382 e. The van der Waals surface area contributed by atoms with E-state index in [0.29, 0.717) is 11.8 Å². The molecule has 4 heteroatoms. The van der Waals surface area contributed by atoms with Gasteiger partial charge in [-0.1, -0.05) is 19.1 Å². The topological polar surface area (TPSA) is 31.0 Å². The number of epoxide rings is 1. The summed E-state index contributed by atoms with van der Waals surface area (Å²) < 4.78 is 16.7. The zero-order chi connectivity index (χ0) is 12.1. The van der Waals surface area contributed by atoms with Crippen molar-refractivity contribution < 1.29 is 14.2 Å². The van der Waals surface area contributed by atoms with E-state index in [9.17, 15) is 0 Å². The fourth-order valence-electron chi connectivity index (χ4n) is 2.53. The Labute approximate surface area is 106 Å². The molecule has 2 heterocycles. The molecule has 0 aliphatic carbocycles. The summed E-state index contributed by atoms with van der Waals surface area (Å²) in [6.45, 7) is 8.50. The highest BCUT2D eigenvalue weighted by atomic mass is 28.3. The van der Waals surface area contributed by atoms with Crippen LogP contribution in [0.15, 0.2) is 0 Å². The van der Waals surface area contributed by atoms with Gasteiger partial charge in [-0.2, -0.15) is 0 Å². The highest BCUT2D eigenvalue weighted by Crippen LogP contribution is 2.26. The van der Waals surface area contributed by atoms with Crippen LogP contribution in [0.25, 0.3) is 0 Å². The summed E-state index contributed by atoms with van der Waals surface area (Å²) in [6, 6.07) is 1.32. The van der Waals surface area contributed by atoms with Crippen LogP contribution in [0.4, 0.5) is 0 Å². The Balaban J connectivity index is 1.57. The van der Waals surface area contributed by atoms with Gasteiger partial charge in [-0.05, 0) is 25.7 Å². The first-order valence-electron chi connectivity index (χ1n) is 6.99. The van der Waals surface area contributed by atoms with Gasteiger partial charge < -0.3 is 14.2 Å². The molecule has 2 atom stereocenters. The van der Waals surface area contributed by atoms with E-state index in [2.05, 4.69) is 13.1 Å². The van der Waals surface area contributed by atoms with Crippen molar-refractivity contribution in [3.8, 4) is 0 Å². The third-order valence-electron chi connectivity index (χ3n) is 3.87. The zero-order valence-corrected chi connectivity index (χ0v) is 12.2. The molecule has 0 amide bonds. The molecule has 17 heavy (non-hydrogen) atoms. The summed E-state index contributed by atoms with van der Waals surface area (Å²) in [5.74, 6) is 0. The van der Waals surface area contributed by atoms with E-state index in [-0.39, 0.29) is 0 Å². The Morgan fingerprint density at radius 3 is 2.71 bits per heavy atom. The SMILES string of the molecule is C[Si](C)(CCCOCC1CO1)C1CCCCO1. The van der Waals surface area contributed by atoms with E-state index in [1.165, 1.54) is 31.7 Å². The van der Waals surface area contributed by atoms with Crippen LogP contribution in [0.5, 0.6) is 0 Å². The lowest BCUT2D eigenvalue weighted by atomic mass is 10.2.